The van der Waals surface area contributed by atoms with Crippen LogP contribution in [0.1, 0.15) is 35.1 Å². The van der Waals surface area contributed by atoms with Crippen LogP contribution in [0.4, 0.5) is 5.69 Å². The van der Waals surface area contributed by atoms with Crippen molar-refractivity contribution in [3.05, 3.63) is 65.7 Å². The summed E-state index contributed by atoms with van der Waals surface area (Å²) in [7, 11) is 0. The first-order valence-corrected chi connectivity index (χ1v) is 9.59. The molecule has 0 radical (unpaired) electrons. The number of hydrogen-bond donors (Lipinski definition) is 0. The molecular formula is C20H22N2O2S. The average molecular weight is 354 g/mol. The monoisotopic (exact) mass is 354 g/mol. The normalized spacial score (nSPS) is 16.0. The third-order valence-electron chi connectivity index (χ3n) is 4.43. The Morgan fingerprint density at radius 1 is 1.04 bits per heavy atom. The largest absolute Gasteiger partial charge is 0.343 e. The van der Waals surface area contributed by atoms with Crippen LogP contribution in [0.25, 0.3) is 0 Å². The smallest absolute Gasteiger partial charge is 0.259 e. The molecule has 25 heavy (non-hydrogen) atoms. The van der Waals surface area contributed by atoms with Crippen LogP contribution in [-0.2, 0) is 4.79 Å². The minimum atomic E-state index is -0.175. The number of nitrogens with zero attached hydrogens (tertiary/aromatic N) is 2. The lowest BCUT2D eigenvalue weighted by Crippen LogP contribution is -2.33. The number of rotatable bonds is 6. The van der Waals surface area contributed by atoms with Crippen molar-refractivity contribution in [2.75, 3.05) is 23.7 Å². The number of benzene rings is 2. The minimum absolute atomic E-state index is 0.00501. The second-order valence-corrected chi connectivity index (χ2v) is 6.90. The zero-order valence-electron chi connectivity index (χ0n) is 14.5. The third kappa shape index (κ3) is 3.42. The molecule has 0 aromatic heterocycles. The number of anilines is 1. The quantitative estimate of drug-likeness (QED) is 0.789. The van der Waals surface area contributed by atoms with Gasteiger partial charge in [-0.15, -0.1) is 11.8 Å². The molecule has 1 aliphatic heterocycles. The molecule has 3 rings (SSSR count). The summed E-state index contributed by atoms with van der Waals surface area (Å²) < 4.78 is 0. The van der Waals surface area contributed by atoms with Gasteiger partial charge in [0, 0.05) is 24.3 Å². The van der Waals surface area contributed by atoms with Gasteiger partial charge in [0.25, 0.3) is 5.91 Å². The Balaban J connectivity index is 1.88. The lowest BCUT2D eigenvalue weighted by molar-refractivity contribution is -0.127. The summed E-state index contributed by atoms with van der Waals surface area (Å²) in [5.41, 5.74) is 2.56. The molecule has 0 unspecified atom stereocenters. The van der Waals surface area contributed by atoms with E-state index in [1.807, 2.05) is 73.3 Å². The van der Waals surface area contributed by atoms with E-state index >= 15 is 0 Å². The lowest BCUT2D eigenvalue weighted by atomic mass is 10.1. The summed E-state index contributed by atoms with van der Waals surface area (Å²) in [6.45, 7) is 5.38. The van der Waals surface area contributed by atoms with Crippen molar-refractivity contribution in [2.45, 2.75) is 19.2 Å². The van der Waals surface area contributed by atoms with Gasteiger partial charge in [0.2, 0.25) is 5.91 Å². The molecule has 0 fully saturated rings. The van der Waals surface area contributed by atoms with Gasteiger partial charge < -0.3 is 4.90 Å². The minimum Gasteiger partial charge on any atom is -0.343 e. The van der Waals surface area contributed by atoms with Crippen molar-refractivity contribution in [2.24, 2.45) is 0 Å². The molecule has 130 valence electrons. The van der Waals surface area contributed by atoms with Crippen LogP contribution < -0.4 is 4.90 Å². The van der Waals surface area contributed by atoms with Gasteiger partial charge in [-0.3, -0.25) is 14.5 Å². The maximum atomic E-state index is 12.9. The van der Waals surface area contributed by atoms with E-state index in [0.717, 1.165) is 16.8 Å². The topological polar surface area (TPSA) is 40.6 Å². The molecule has 2 amide bonds. The van der Waals surface area contributed by atoms with E-state index < -0.39 is 0 Å². The second kappa shape index (κ2) is 7.74. The summed E-state index contributed by atoms with van der Waals surface area (Å²) in [6.07, 6.45) is 0. The van der Waals surface area contributed by atoms with E-state index in [1.165, 1.54) is 11.8 Å². The zero-order chi connectivity index (χ0) is 17.8. The van der Waals surface area contributed by atoms with Crippen LogP contribution in [0.2, 0.25) is 0 Å². The fraction of sp³-hybridized carbons (Fsp3) is 0.300. The molecule has 2 aromatic rings. The van der Waals surface area contributed by atoms with Gasteiger partial charge in [0.1, 0.15) is 5.37 Å². The van der Waals surface area contributed by atoms with Crippen LogP contribution in [0, 0.1) is 0 Å². The molecular weight excluding hydrogens is 332 g/mol. The number of carbonyl (C=O) groups excluding carboxylic acids is 2. The highest BCUT2D eigenvalue weighted by atomic mass is 32.2. The molecule has 1 atom stereocenters. The number of fused-ring (bicyclic) bond motifs is 1. The Morgan fingerprint density at radius 3 is 2.36 bits per heavy atom. The summed E-state index contributed by atoms with van der Waals surface area (Å²) in [4.78, 5) is 28.9. The van der Waals surface area contributed by atoms with Crippen molar-refractivity contribution >= 4 is 29.3 Å². The number of hydrogen-bond acceptors (Lipinski definition) is 3. The van der Waals surface area contributed by atoms with Crippen LogP contribution in [-0.4, -0.2) is 35.6 Å². The number of thioether (sulfide) groups is 1. The third-order valence-corrected chi connectivity index (χ3v) is 5.62. The van der Waals surface area contributed by atoms with Gasteiger partial charge in [-0.25, -0.2) is 0 Å². The Labute approximate surface area is 152 Å². The highest BCUT2D eigenvalue weighted by molar-refractivity contribution is 8.00. The Hall–Kier alpha value is -2.27. The molecule has 0 saturated heterocycles. The SMILES string of the molecule is CCN(CC)C(=O)CS[C@H]1c2ccccc2C(=O)N1c1ccccc1. The predicted molar refractivity (Wildman–Crippen MR) is 103 cm³/mol. The van der Waals surface area contributed by atoms with Crippen LogP contribution >= 0.6 is 11.8 Å². The lowest BCUT2D eigenvalue weighted by Gasteiger charge is -2.26. The molecule has 4 nitrogen and oxygen atoms in total. The van der Waals surface area contributed by atoms with Gasteiger partial charge in [0.15, 0.2) is 0 Å². The number of carbonyl (C=O) groups is 2. The highest BCUT2D eigenvalue weighted by Crippen LogP contribution is 2.43. The molecule has 0 bridgehead atoms. The van der Waals surface area contributed by atoms with E-state index in [0.29, 0.717) is 18.8 Å². The van der Waals surface area contributed by atoms with Gasteiger partial charge >= 0.3 is 0 Å². The molecule has 0 aliphatic carbocycles. The summed E-state index contributed by atoms with van der Waals surface area (Å²) in [5, 5.41) is -0.175. The molecule has 0 N–H and O–H groups in total. The first-order chi connectivity index (χ1) is 12.2. The van der Waals surface area contributed by atoms with Gasteiger partial charge in [-0.2, -0.15) is 0 Å². The van der Waals surface area contributed by atoms with Gasteiger partial charge in [-0.1, -0.05) is 36.4 Å². The Morgan fingerprint density at radius 2 is 1.68 bits per heavy atom. The van der Waals surface area contributed by atoms with Crippen LogP contribution in [0.5, 0.6) is 0 Å². The molecule has 1 heterocycles. The summed E-state index contributed by atoms with van der Waals surface area (Å²) in [5.74, 6) is 0.464. The maximum absolute atomic E-state index is 12.9. The molecule has 5 heteroatoms. The van der Waals surface area contributed by atoms with Crippen molar-refractivity contribution < 1.29 is 9.59 Å². The first-order valence-electron chi connectivity index (χ1n) is 8.54. The van der Waals surface area contributed by atoms with Gasteiger partial charge in [-0.05, 0) is 37.6 Å². The standard InChI is InChI=1S/C20H22N2O2S/c1-3-21(4-2)18(23)14-25-20-17-13-9-8-12-16(17)19(24)22(20)15-10-6-5-7-11-15/h5-13,20H,3-4,14H2,1-2H3/t20-/m0/s1. The van der Waals surface area contributed by atoms with E-state index in [2.05, 4.69) is 0 Å². The van der Waals surface area contributed by atoms with E-state index in [4.69, 9.17) is 0 Å². The molecule has 0 saturated carbocycles. The summed E-state index contributed by atoms with van der Waals surface area (Å²) >= 11 is 1.51. The number of para-hydroxylation sites is 1. The van der Waals surface area contributed by atoms with Crippen LogP contribution in [0.15, 0.2) is 54.6 Å². The molecule has 1 aliphatic rings. The fourth-order valence-corrected chi connectivity index (χ4v) is 4.34. The molecule has 0 spiro atoms. The van der Waals surface area contributed by atoms with Crippen molar-refractivity contribution in [1.82, 2.24) is 4.90 Å². The first kappa shape index (κ1) is 17.5. The fourth-order valence-electron chi connectivity index (χ4n) is 3.11. The average Bonchev–Trinajstić information content (AvgIpc) is 2.94. The zero-order valence-corrected chi connectivity index (χ0v) is 15.3. The van der Waals surface area contributed by atoms with E-state index in [1.54, 1.807) is 4.90 Å². The Kier molecular flexibility index (Phi) is 5.43. The predicted octanol–water partition coefficient (Wildman–Crippen LogP) is 3.95. The van der Waals surface area contributed by atoms with Crippen molar-refractivity contribution in [3.8, 4) is 0 Å². The summed E-state index contributed by atoms with van der Waals surface area (Å²) in [6, 6.07) is 17.3. The molecule has 2 aromatic carbocycles. The Bertz CT molecular complexity index is 759. The van der Waals surface area contributed by atoms with Crippen molar-refractivity contribution in [1.29, 1.82) is 0 Å². The van der Waals surface area contributed by atoms with E-state index in [-0.39, 0.29) is 17.2 Å². The van der Waals surface area contributed by atoms with Crippen LogP contribution in [0.3, 0.4) is 0 Å². The van der Waals surface area contributed by atoms with E-state index in [9.17, 15) is 9.59 Å². The maximum Gasteiger partial charge on any atom is 0.259 e. The van der Waals surface area contributed by atoms with Gasteiger partial charge in [0.05, 0.1) is 5.75 Å². The second-order valence-electron chi connectivity index (χ2n) is 5.83. The highest BCUT2D eigenvalue weighted by Gasteiger charge is 2.38. The van der Waals surface area contributed by atoms with Crippen molar-refractivity contribution in [3.63, 3.8) is 0 Å². The number of amides is 2.